The summed E-state index contributed by atoms with van der Waals surface area (Å²) in [6.45, 7) is 0.813. The summed E-state index contributed by atoms with van der Waals surface area (Å²) in [5, 5.41) is 0. The normalized spacial score (nSPS) is 9.90. The molecule has 118 valence electrons. The van der Waals surface area contributed by atoms with Crippen molar-refractivity contribution >= 4 is 12.2 Å². The van der Waals surface area contributed by atoms with Crippen molar-refractivity contribution in [2.24, 2.45) is 11.7 Å². The van der Waals surface area contributed by atoms with Gasteiger partial charge in [-0.3, -0.25) is 10.9 Å². The number of hydrogen-bond acceptors (Lipinski definition) is 6. The highest BCUT2D eigenvalue weighted by Gasteiger charge is 1.98. The number of carbonyl (C=O) groups is 2. The van der Waals surface area contributed by atoms with Crippen molar-refractivity contribution in [3.63, 3.8) is 0 Å². The van der Waals surface area contributed by atoms with E-state index in [1.165, 1.54) is 0 Å². The van der Waals surface area contributed by atoms with Crippen molar-refractivity contribution in [2.75, 3.05) is 13.2 Å². The third-order valence-corrected chi connectivity index (χ3v) is 2.74. The molecular weight excluding hydrogens is 264 g/mol. The number of carbonyl (C=O) groups excluding carboxylic acids is 2. The van der Waals surface area contributed by atoms with Crippen LogP contribution in [0.2, 0.25) is 0 Å². The van der Waals surface area contributed by atoms with Crippen LogP contribution in [-0.4, -0.2) is 25.4 Å². The first-order valence-electron chi connectivity index (χ1n) is 6.97. The molecule has 0 radical (unpaired) electrons. The van der Waals surface area contributed by atoms with E-state index >= 15 is 0 Å². The Bertz CT molecular complexity index is 238. The van der Waals surface area contributed by atoms with E-state index < -0.39 is 12.2 Å². The molecule has 0 aliphatic carbocycles. The van der Waals surface area contributed by atoms with Gasteiger partial charge in [-0.1, -0.05) is 38.5 Å². The van der Waals surface area contributed by atoms with Crippen molar-refractivity contribution in [3.05, 3.63) is 0 Å². The maximum atomic E-state index is 10.6. The smallest absolute Gasteiger partial charge is 0.421 e. The standard InChI is InChI=1S/C12H26N4O4/c13-15-11(17)19-9-7-5-3-1-2-4-6-8-10-20-12(18)16-14/h1-10,13-14H2,(H,15,17)(H,16,18). The van der Waals surface area contributed by atoms with Crippen LogP contribution in [0.25, 0.3) is 0 Å². The van der Waals surface area contributed by atoms with Crippen molar-refractivity contribution in [1.82, 2.24) is 10.9 Å². The number of hydrogen-bond donors (Lipinski definition) is 4. The molecule has 20 heavy (non-hydrogen) atoms. The zero-order valence-electron chi connectivity index (χ0n) is 11.9. The molecule has 8 nitrogen and oxygen atoms in total. The molecule has 2 amide bonds. The average molecular weight is 290 g/mol. The van der Waals surface area contributed by atoms with Crippen molar-refractivity contribution in [1.29, 1.82) is 0 Å². The molecule has 0 aromatic carbocycles. The molecular formula is C12H26N4O4. The molecule has 0 rings (SSSR count). The number of ether oxygens (including phenoxy) is 2. The first-order chi connectivity index (χ1) is 9.70. The molecule has 0 heterocycles. The molecule has 0 spiro atoms. The van der Waals surface area contributed by atoms with Gasteiger partial charge in [-0.2, -0.15) is 0 Å². The van der Waals surface area contributed by atoms with E-state index in [1.807, 2.05) is 10.9 Å². The highest BCUT2D eigenvalue weighted by Crippen LogP contribution is 2.08. The Hall–Kier alpha value is -1.54. The van der Waals surface area contributed by atoms with Gasteiger partial charge >= 0.3 is 12.2 Å². The second-order valence-corrected chi connectivity index (χ2v) is 4.39. The number of rotatable bonds is 11. The fraction of sp³-hybridized carbons (Fsp3) is 0.833. The van der Waals surface area contributed by atoms with Crippen LogP contribution in [0.1, 0.15) is 51.4 Å². The monoisotopic (exact) mass is 290 g/mol. The van der Waals surface area contributed by atoms with E-state index in [9.17, 15) is 9.59 Å². The Kier molecular flexibility index (Phi) is 12.8. The van der Waals surface area contributed by atoms with Crippen LogP contribution in [0.15, 0.2) is 0 Å². The average Bonchev–Trinajstić information content (AvgIpc) is 2.47. The first-order valence-corrected chi connectivity index (χ1v) is 6.97. The second-order valence-electron chi connectivity index (χ2n) is 4.39. The fourth-order valence-electron chi connectivity index (χ4n) is 1.68. The molecule has 0 aliphatic rings. The van der Waals surface area contributed by atoms with Gasteiger partial charge in [0.05, 0.1) is 13.2 Å². The molecule has 0 aromatic heterocycles. The lowest BCUT2D eigenvalue weighted by molar-refractivity contribution is 0.142. The minimum atomic E-state index is -0.587. The van der Waals surface area contributed by atoms with Gasteiger partial charge in [0.1, 0.15) is 0 Å². The van der Waals surface area contributed by atoms with Crippen LogP contribution >= 0.6 is 0 Å². The van der Waals surface area contributed by atoms with Gasteiger partial charge in [0, 0.05) is 0 Å². The summed E-state index contributed by atoms with van der Waals surface area (Å²) in [4.78, 5) is 21.3. The lowest BCUT2D eigenvalue weighted by atomic mass is 10.1. The second kappa shape index (κ2) is 13.9. The predicted octanol–water partition coefficient (Wildman–Crippen LogP) is 1.31. The largest absolute Gasteiger partial charge is 0.449 e. The molecule has 0 saturated carbocycles. The highest BCUT2D eigenvalue weighted by molar-refractivity contribution is 5.66. The summed E-state index contributed by atoms with van der Waals surface area (Å²) < 4.78 is 9.52. The van der Waals surface area contributed by atoms with Crippen LogP contribution in [-0.2, 0) is 9.47 Å². The number of hydrazine groups is 2. The van der Waals surface area contributed by atoms with Crippen LogP contribution in [0, 0.1) is 0 Å². The summed E-state index contributed by atoms with van der Waals surface area (Å²) in [6.07, 6.45) is 7.19. The summed E-state index contributed by atoms with van der Waals surface area (Å²) in [5.74, 6) is 9.73. The number of nitrogens with two attached hydrogens (primary N) is 2. The highest BCUT2D eigenvalue weighted by atomic mass is 16.6. The Balaban J connectivity index is 3.06. The van der Waals surface area contributed by atoms with E-state index in [0.29, 0.717) is 13.2 Å². The minimum Gasteiger partial charge on any atom is -0.449 e. The van der Waals surface area contributed by atoms with Crippen LogP contribution < -0.4 is 22.5 Å². The lowest BCUT2D eigenvalue weighted by Gasteiger charge is -2.04. The maximum Gasteiger partial charge on any atom is 0.421 e. The molecule has 0 aromatic rings. The summed E-state index contributed by atoms with van der Waals surface area (Å²) >= 11 is 0. The van der Waals surface area contributed by atoms with Gasteiger partial charge in [0.15, 0.2) is 0 Å². The van der Waals surface area contributed by atoms with Crippen LogP contribution in [0.4, 0.5) is 9.59 Å². The predicted molar refractivity (Wildman–Crippen MR) is 74.3 cm³/mol. The van der Waals surface area contributed by atoms with E-state index in [1.54, 1.807) is 0 Å². The SMILES string of the molecule is NNC(=O)OCCCCCCCCCCOC(=O)NN. The summed E-state index contributed by atoms with van der Waals surface area (Å²) in [7, 11) is 0. The molecule has 0 fully saturated rings. The Morgan fingerprint density at radius 3 is 1.25 bits per heavy atom. The minimum absolute atomic E-state index is 0.406. The number of unbranched alkanes of at least 4 members (excludes halogenated alkanes) is 7. The summed E-state index contributed by atoms with van der Waals surface area (Å²) in [6, 6.07) is 0. The first kappa shape index (κ1) is 18.5. The Morgan fingerprint density at radius 2 is 0.950 bits per heavy atom. The van der Waals surface area contributed by atoms with Gasteiger partial charge in [-0.05, 0) is 12.8 Å². The molecule has 0 saturated heterocycles. The van der Waals surface area contributed by atoms with Crippen molar-refractivity contribution in [2.45, 2.75) is 51.4 Å². The Morgan fingerprint density at radius 1 is 0.650 bits per heavy atom. The molecule has 0 unspecified atom stereocenters. The maximum absolute atomic E-state index is 10.6. The van der Waals surface area contributed by atoms with E-state index in [2.05, 4.69) is 0 Å². The molecule has 0 bridgehead atoms. The molecule has 0 atom stereocenters. The molecule has 0 aliphatic heterocycles. The third kappa shape index (κ3) is 12.9. The quantitative estimate of drug-likeness (QED) is 0.196. The van der Waals surface area contributed by atoms with Crippen molar-refractivity contribution < 1.29 is 19.1 Å². The van der Waals surface area contributed by atoms with Crippen molar-refractivity contribution in [3.8, 4) is 0 Å². The molecule has 8 heteroatoms. The van der Waals surface area contributed by atoms with Gasteiger partial charge in [0.25, 0.3) is 0 Å². The topological polar surface area (TPSA) is 129 Å². The van der Waals surface area contributed by atoms with E-state index in [4.69, 9.17) is 21.2 Å². The zero-order chi connectivity index (χ0) is 15.1. The molecule has 6 N–H and O–H groups in total. The van der Waals surface area contributed by atoms with Gasteiger partial charge in [-0.25, -0.2) is 21.3 Å². The third-order valence-electron chi connectivity index (χ3n) is 2.74. The van der Waals surface area contributed by atoms with Gasteiger partial charge < -0.3 is 9.47 Å². The number of nitrogens with one attached hydrogen (secondary N) is 2. The van der Waals surface area contributed by atoms with E-state index in [0.717, 1.165) is 51.4 Å². The van der Waals surface area contributed by atoms with Gasteiger partial charge in [0.2, 0.25) is 0 Å². The Labute approximate surface area is 119 Å². The lowest BCUT2D eigenvalue weighted by Crippen LogP contribution is -2.30. The van der Waals surface area contributed by atoms with Crippen LogP contribution in [0.3, 0.4) is 0 Å². The van der Waals surface area contributed by atoms with E-state index in [-0.39, 0.29) is 0 Å². The number of amides is 2. The van der Waals surface area contributed by atoms with Crippen LogP contribution in [0.5, 0.6) is 0 Å². The van der Waals surface area contributed by atoms with Gasteiger partial charge in [-0.15, -0.1) is 0 Å². The zero-order valence-corrected chi connectivity index (χ0v) is 11.9. The summed E-state index contributed by atoms with van der Waals surface area (Å²) in [5.41, 5.74) is 3.82. The fourth-order valence-corrected chi connectivity index (χ4v) is 1.68.